The van der Waals surface area contributed by atoms with Gasteiger partial charge in [0, 0.05) is 59.7 Å². The molecular formula is C36H42N4O5S. The maximum atomic E-state index is 14.8. The van der Waals surface area contributed by atoms with Crippen molar-refractivity contribution in [1.29, 1.82) is 0 Å². The van der Waals surface area contributed by atoms with Crippen molar-refractivity contribution >= 4 is 32.7 Å². The van der Waals surface area contributed by atoms with Gasteiger partial charge in [0.25, 0.3) is 5.91 Å². The molecule has 2 aromatic carbocycles. The fraction of sp³-hybridized carbons (Fsp3) is 0.556. The zero-order valence-electron chi connectivity index (χ0n) is 26.6. The number of aromatic nitrogens is 1. The molecule has 9 rings (SSSR count). The number of fused-ring (bicyclic) bond motifs is 9. The molecule has 5 fully saturated rings. The average molecular weight is 643 g/mol. The number of piperazine rings is 1. The summed E-state index contributed by atoms with van der Waals surface area (Å²) in [7, 11) is 0.174. The van der Waals surface area contributed by atoms with Crippen LogP contribution in [0, 0.1) is 5.41 Å². The quantitative estimate of drug-likeness (QED) is 0.407. The van der Waals surface area contributed by atoms with Crippen LogP contribution in [0.5, 0.6) is 5.75 Å². The van der Waals surface area contributed by atoms with Crippen LogP contribution in [0.15, 0.2) is 36.4 Å². The third kappa shape index (κ3) is 4.24. The number of ether oxygens (including phenoxy) is 1. The van der Waals surface area contributed by atoms with Crippen LogP contribution >= 0.6 is 0 Å². The van der Waals surface area contributed by atoms with E-state index in [9.17, 15) is 18.0 Å². The predicted molar refractivity (Wildman–Crippen MR) is 175 cm³/mol. The molecule has 4 heterocycles. The first-order valence-corrected chi connectivity index (χ1v) is 18.6. The van der Waals surface area contributed by atoms with Crippen LogP contribution in [0.4, 0.5) is 0 Å². The maximum absolute atomic E-state index is 14.8. The average Bonchev–Trinajstić information content (AvgIpc) is 3.95. The van der Waals surface area contributed by atoms with Crippen LogP contribution < -0.4 is 9.46 Å². The topological polar surface area (TPSA) is 101 Å². The van der Waals surface area contributed by atoms with Crippen molar-refractivity contribution in [3.8, 4) is 17.0 Å². The van der Waals surface area contributed by atoms with E-state index in [0.29, 0.717) is 36.9 Å². The second kappa shape index (κ2) is 10.1. The molecule has 4 atom stereocenters. The molecule has 3 aliphatic heterocycles. The number of hydrogen-bond donors (Lipinski definition) is 1. The van der Waals surface area contributed by atoms with Gasteiger partial charge in [-0.1, -0.05) is 25.3 Å². The standard InChI is InChI=1S/C36H42N4O5S/c1-38-18-24-15-23(38)19-39(24)35(42)36-17-30(36)29-16-25(45-2)9-13-27(29)33-32(21-6-4-3-5-7-21)28-12-8-22(14-31(28)40(33)20-36)34(41)37-46(43,44)26-10-11-26/h8-9,12-14,16,21,23-24,26,30H,3-7,10-11,15,17-20H2,1-2H3,(H,37,41). The van der Waals surface area contributed by atoms with Crippen LogP contribution in [0.1, 0.15) is 91.1 Å². The molecule has 46 heavy (non-hydrogen) atoms. The molecule has 1 N–H and O–H groups in total. The molecule has 2 amide bonds. The largest absolute Gasteiger partial charge is 0.497 e. The van der Waals surface area contributed by atoms with Gasteiger partial charge in [0.05, 0.1) is 23.5 Å². The van der Waals surface area contributed by atoms with E-state index in [1.807, 2.05) is 18.2 Å². The number of nitrogens with one attached hydrogen (secondary N) is 1. The first-order chi connectivity index (χ1) is 22.2. The normalized spacial score (nSPS) is 28.8. The summed E-state index contributed by atoms with van der Waals surface area (Å²) >= 11 is 0. The van der Waals surface area contributed by atoms with Gasteiger partial charge in [0.2, 0.25) is 15.9 Å². The number of rotatable bonds is 6. The third-order valence-electron chi connectivity index (χ3n) is 12.2. The fourth-order valence-electron chi connectivity index (χ4n) is 9.47. The molecule has 6 aliphatic rings. The Balaban J connectivity index is 1.22. The van der Waals surface area contributed by atoms with E-state index >= 15 is 0 Å². The summed E-state index contributed by atoms with van der Waals surface area (Å²) in [5, 5.41) is 0.628. The number of carbonyl (C=O) groups is 2. The lowest BCUT2D eigenvalue weighted by Crippen LogP contribution is -2.50. The van der Waals surface area contributed by atoms with Crippen LogP contribution in [0.2, 0.25) is 0 Å². The van der Waals surface area contributed by atoms with Crippen LogP contribution in [0.3, 0.4) is 0 Å². The van der Waals surface area contributed by atoms with Gasteiger partial charge in [0.1, 0.15) is 5.75 Å². The molecule has 3 aliphatic carbocycles. The second-order valence-electron chi connectivity index (χ2n) is 14.9. The monoisotopic (exact) mass is 642 g/mol. The molecular weight excluding hydrogens is 600 g/mol. The number of likely N-dealkylation sites (tertiary alicyclic amines) is 2. The molecule has 3 saturated carbocycles. The SMILES string of the molecule is COc1ccc2c(c1)C1CC1(C(=O)N1CC3CC1CN3C)Cn1c-2c(C2CCCCC2)c2ccc(C(=O)NS(=O)(=O)C3CC3)cc21. The van der Waals surface area contributed by atoms with Gasteiger partial charge in [-0.2, -0.15) is 0 Å². The Morgan fingerprint density at radius 2 is 1.78 bits per heavy atom. The van der Waals surface area contributed by atoms with Gasteiger partial charge in [0.15, 0.2) is 0 Å². The fourth-order valence-corrected chi connectivity index (χ4v) is 10.8. The van der Waals surface area contributed by atoms with E-state index in [0.717, 1.165) is 66.7 Å². The summed E-state index contributed by atoms with van der Waals surface area (Å²) in [5.41, 5.74) is 5.48. The van der Waals surface area contributed by atoms with Crippen molar-refractivity contribution < 1.29 is 22.7 Å². The molecule has 4 unspecified atom stereocenters. The van der Waals surface area contributed by atoms with Crippen molar-refractivity contribution in [1.82, 2.24) is 19.1 Å². The lowest BCUT2D eigenvalue weighted by Gasteiger charge is -2.35. The first kappa shape index (κ1) is 28.8. The highest BCUT2D eigenvalue weighted by Crippen LogP contribution is 2.66. The molecule has 2 bridgehead atoms. The van der Waals surface area contributed by atoms with E-state index in [1.165, 1.54) is 30.4 Å². The Labute approximate surface area is 270 Å². The van der Waals surface area contributed by atoms with Crippen molar-refractivity contribution in [2.24, 2.45) is 5.41 Å². The molecule has 10 heteroatoms. The lowest BCUT2D eigenvalue weighted by atomic mass is 9.81. The number of sulfonamides is 1. The minimum atomic E-state index is -3.68. The van der Waals surface area contributed by atoms with Gasteiger partial charge >= 0.3 is 0 Å². The molecule has 9 nitrogen and oxygen atoms in total. The Morgan fingerprint density at radius 3 is 2.48 bits per heavy atom. The van der Waals surface area contributed by atoms with Gasteiger partial charge in [-0.25, -0.2) is 13.1 Å². The van der Waals surface area contributed by atoms with Crippen molar-refractivity contribution in [3.63, 3.8) is 0 Å². The second-order valence-corrected chi connectivity index (χ2v) is 16.9. The highest BCUT2D eigenvalue weighted by atomic mass is 32.2. The van der Waals surface area contributed by atoms with E-state index in [2.05, 4.69) is 38.3 Å². The van der Waals surface area contributed by atoms with E-state index in [1.54, 1.807) is 13.2 Å². The maximum Gasteiger partial charge on any atom is 0.264 e. The Kier molecular flexibility index (Phi) is 6.31. The number of carbonyl (C=O) groups excluding carboxylic acids is 2. The molecule has 3 aromatic rings. The number of likely N-dealkylation sites (N-methyl/N-ethyl adjacent to an activating group) is 1. The van der Waals surface area contributed by atoms with Crippen LogP contribution in [-0.4, -0.2) is 79.2 Å². The molecule has 0 spiro atoms. The Bertz CT molecular complexity index is 1910. The molecule has 242 valence electrons. The minimum absolute atomic E-state index is 0.0891. The zero-order chi connectivity index (χ0) is 31.5. The third-order valence-corrected chi connectivity index (χ3v) is 14.0. The van der Waals surface area contributed by atoms with Crippen LogP contribution in [0.25, 0.3) is 22.2 Å². The summed E-state index contributed by atoms with van der Waals surface area (Å²) in [6, 6.07) is 12.7. The van der Waals surface area contributed by atoms with E-state index < -0.39 is 26.6 Å². The smallest absolute Gasteiger partial charge is 0.264 e. The summed E-state index contributed by atoms with van der Waals surface area (Å²) in [5.74, 6) is 0.933. The molecule has 2 saturated heterocycles. The van der Waals surface area contributed by atoms with Crippen molar-refractivity contribution in [2.75, 3.05) is 27.2 Å². The van der Waals surface area contributed by atoms with Gasteiger partial charge in [-0.3, -0.25) is 14.5 Å². The predicted octanol–water partition coefficient (Wildman–Crippen LogP) is 4.99. The summed E-state index contributed by atoms with van der Waals surface area (Å²) in [6.45, 7) is 2.25. The molecule has 1 aromatic heterocycles. The number of amides is 2. The van der Waals surface area contributed by atoms with Crippen molar-refractivity contribution in [2.45, 2.75) is 93.5 Å². The van der Waals surface area contributed by atoms with Crippen molar-refractivity contribution in [3.05, 3.63) is 53.1 Å². The lowest BCUT2D eigenvalue weighted by molar-refractivity contribution is -0.140. The van der Waals surface area contributed by atoms with E-state index in [4.69, 9.17) is 4.74 Å². The Hall–Kier alpha value is -3.37. The summed E-state index contributed by atoms with van der Waals surface area (Å²) < 4.78 is 35.8. The zero-order valence-corrected chi connectivity index (χ0v) is 27.4. The highest BCUT2D eigenvalue weighted by molar-refractivity contribution is 7.91. The Morgan fingerprint density at radius 1 is 0.978 bits per heavy atom. The van der Waals surface area contributed by atoms with Gasteiger partial charge < -0.3 is 14.2 Å². The van der Waals surface area contributed by atoms with E-state index in [-0.39, 0.29) is 17.9 Å². The van der Waals surface area contributed by atoms with Crippen LogP contribution in [-0.2, 0) is 21.4 Å². The summed E-state index contributed by atoms with van der Waals surface area (Å²) in [6.07, 6.45) is 8.84. The number of methoxy groups -OCH3 is 1. The highest BCUT2D eigenvalue weighted by Gasteiger charge is 2.65. The number of hydrogen-bond acceptors (Lipinski definition) is 6. The van der Waals surface area contributed by atoms with Gasteiger partial charge in [-0.05, 0) is 92.9 Å². The first-order valence-electron chi connectivity index (χ1n) is 17.1. The minimum Gasteiger partial charge on any atom is -0.497 e. The van der Waals surface area contributed by atoms with Gasteiger partial charge in [-0.15, -0.1) is 0 Å². The molecule has 0 radical (unpaired) electrons. The number of nitrogens with zero attached hydrogens (tertiary/aromatic N) is 3. The summed E-state index contributed by atoms with van der Waals surface area (Å²) in [4.78, 5) is 32.7. The number of benzene rings is 2.